The van der Waals surface area contributed by atoms with Crippen LogP contribution >= 0.6 is 0 Å². The van der Waals surface area contributed by atoms with Gasteiger partial charge in [0, 0.05) is 17.3 Å². The van der Waals surface area contributed by atoms with Crippen LogP contribution in [0.1, 0.15) is 31.2 Å². The molecule has 2 aromatic rings. The van der Waals surface area contributed by atoms with Crippen LogP contribution in [0.25, 0.3) is 11.1 Å². The summed E-state index contributed by atoms with van der Waals surface area (Å²) >= 11 is 0. The molecule has 2 rings (SSSR count). The molecular formula is C15H19N3O. The number of aryl methyl sites for hydroxylation is 1. The van der Waals surface area contributed by atoms with E-state index in [1.165, 1.54) is 5.56 Å². The Morgan fingerprint density at radius 2 is 1.95 bits per heavy atom. The van der Waals surface area contributed by atoms with Gasteiger partial charge in [0.15, 0.2) is 0 Å². The number of nitrogens with two attached hydrogens (primary N) is 1. The van der Waals surface area contributed by atoms with E-state index in [4.69, 9.17) is 10.5 Å². The lowest BCUT2D eigenvalue weighted by Crippen LogP contribution is -2.00. The van der Waals surface area contributed by atoms with Crippen LogP contribution < -0.4 is 10.5 Å². The third kappa shape index (κ3) is 2.67. The van der Waals surface area contributed by atoms with Crippen molar-refractivity contribution in [1.82, 2.24) is 9.97 Å². The smallest absolute Gasteiger partial charge is 0.135 e. The lowest BCUT2D eigenvalue weighted by Gasteiger charge is -2.14. The molecule has 2 N–H and O–H groups in total. The first-order valence-corrected chi connectivity index (χ1v) is 6.30. The molecule has 0 radical (unpaired) electrons. The summed E-state index contributed by atoms with van der Waals surface area (Å²) in [7, 11) is 1.65. The first-order chi connectivity index (χ1) is 9.02. The summed E-state index contributed by atoms with van der Waals surface area (Å²) < 4.78 is 5.41. The van der Waals surface area contributed by atoms with Crippen LogP contribution in [0.4, 0.5) is 5.82 Å². The molecule has 0 bridgehead atoms. The Balaban J connectivity index is 2.61. The molecule has 0 fully saturated rings. The van der Waals surface area contributed by atoms with Gasteiger partial charge < -0.3 is 10.5 Å². The molecule has 100 valence electrons. The molecule has 0 aliphatic heterocycles. The van der Waals surface area contributed by atoms with Gasteiger partial charge in [-0.1, -0.05) is 19.9 Å². The molecule has 0 aliphatic carbocycles. The fourth-order valence-electron chi connectivity index (χ4n) is 1.99. The van der Waals surface area contributed by atoms with Gasteiger partial charge in [0.1, 0.15) is 17.4 Å². The molecule has 0 aliphatic rings. The van der Waals surface area contributed by atoms with Crippen LogP contribution in [0.15, 0.2) is 24.4 Å². The van der Waals surface area contributed by atoms with Crippen molar-refractivity contribution < 1.29 is 4.74 Å². The van der Waals surface area contributed by atoms with Crippen LogP contribution in [-0.4, -0.2) is 17.1 Å². The number of anilines is 1. The van der Waals surface area contributed by atoms with Crippen LogP contribution in [0, 0.1) is 6.92 Å². The minimum absolute atomic E-state index is 0.442. The molecule has 19 heavy (non-hydrogen) atoms. The van der Waals surface area contributed by atoms with Gasteiger partial charge in [0.2, 0.25) is 0 Å². The highest BCUT2D eigenvalue weighted by Gasteiger charge is 2.12. The van der Waals surface area contributed by atoms with Crippen molar-refractivity contribution in [3.05, 3.63) is 35.8 Å². The Hall–Kier alpha value is -2.10. The van der Waals surface area contributed by atoms with Crippen molar-refractivity contribution in [3.8, 4) is 16.9 Å². The number of hydrogen-bond donors (Lipinski definition) is 1. The Labute approximate surface area is 113 Å². The maximum Gasteiger partial charge on any atom is 0.135 e. The molecule has 0 unspecified atom stereocenters. The standard InChI is InChI=1S/C15H19N3O/c1-9(2)11-5-6-14(19-4)12(7-11)13-8-17-10(3)18-15(13)16/h5-9H,1-4H3,(H2,16,17,18). The zero-order valence-electron chi connectivity index (χ0n) is 11.8. The average Bonchev–Trinajstić information content (AvgIpc) is 2.38. The second-order valence-electron chi connectivity index (χ2n) is 4.83. The summed E-state index contributed by atoms with van der Waals surface area (Å²) in [5, 5.41) is 0. The van der Waals surface area contributed by atoms with Gasteiger partial charge in [-0.05, 0) is 30.5 Å². The van der Waals surface area contributed by atoms with E-state index >= 15 is 0 Å². The second kappa shape index (κ2) is 5.26. The second-order valence-corrected chi connectivity index (χ2v) is 4.83. The summed E-state index contributed by atoms with van der Waals surface area (Å²) in [5.41, 5.74) is 8.98. The first-order valence-electron chi connectivity index (χ1n) is 6.30. The number of nitrogen functional groups attached to an aromatic ring is 1. The van der Waals surface area contributed by atoms with Crippen molar-refractivity contribution >= 4 is 5.82 Å². The van der Waals surface area contributed by atoms with Gasteiger partial charge in [0.25, 0.3) is 0 Å². The van der Waals surface area contributed by atoms with Crippen molar-refractivity contribution in [3.63, 3.8) is 0 Å². The van der Waals surface area contributed by atoms with Gasteiger partial charge in [-0.2, -0.15) is 0 Å². The predicted molar refractivity (Wildman–Crippen MR) is 77.3 cm³/mol. The number of aromatic nitrogens is 2. The van der Waals surface area contributed by atoms with E-state index in [-0.39, 0.29) is 0 Å². The number of nitrogens with zero attached hydrogens (tertiary/aromatic N) is 2. The zero-order valence-corrected chi connectivity index (χ0v) is 11.8. The monoisotopic (exact) mass is 257 g/mol. The van der Waals surface area contributed by atoms with E-state index in [9.17, 15) is 0 Å². The van der Waals surface area contributed by atoms with Crippen LogP contribution in [0.5, 0.6) is 5.75 Å². The molecule has 1 aromatic carbocycles. The number of methoxy groups -OCH3 is 1. The summed E-state index contributed by atoms with van der Waals surface area (Å²) in [6.45, 7) is 6.13. The number of rotatable bonds is 3. The lowest BCUT2D eigenvalue weighted by atomic mass is 9.97. The summed E-state index contributed by atoms with van der Waals surface area (Å²) in [4.78, 5) is 8.43. The highest BCUT2D eigenvalue weighted by molar-refractivity contribution is 5.78. The van der Waals surface area contributed by atoms with E-state index in [0.717, 1.165) is 16.9 Å². The summed E-state index contributed by atoms with van der Waals surface area (Å²) in [6.07, 6.45) is 1.75. The molecule has 1 aromatic heterocycles. The van der Waals surface area contributed by atoms with Gasteiger partial charge in [-0.3, -0.25) is 0 Å². The van der Waals surface area contributed by atoms with Crippen molar-refractivity contribution in [2.45, 2.75) is 26.7 Å². The van der Waals surface area contributed by atoms with Crippen molar-refractivity contribution in [1.29, 1.82) is 0 Å². The van der Waals surface area contributed by atoms with Crippen LogP contribution in [0.3, 0.4) is 0 Å². The number of benzene rings is 1. The molecule has 4 heteroatoms. The maximum atomic E-state index is 6.00. The first kappa shape index (κ1) is 13.3. The molecule has 1 heterocycles. The van der Waals surface area contributed by atoms with E-state index in [1.54, 1.807) is 13.3 Å². The Bertz CT molecular complexity index is 594. The Kier molecular flexibility index (Phi) is 3.69. The fourth-order valence-corrected chi connectivity index (χ4v) is 1.99. The normalized spacial score (nSPS) is 10.8. The quantitative estimate of drug-likeness (QED) is 0.917. The molecule has 0 saturated heterocycles. The molecule has 0 atom stereocenters. The maximum absolute atomic E-state index is 6.00. The lowest BCUT2D eigenvalue weighted by molar-refractivity contribution is 0.416. The fraction of sp³-hybridized carbons (Fsp3) is 0.333. The molecule has 0 saturated carbocycles. The Morgan fingerprint density at radius 1 is 1.21 bits per heavy atom. The summed E-state index contributed by atoms with van der Waals surface area (Å²) in [5.74, 6) is 2.37. The number of ether oxygens (including phenoxy) is 1. The molecular weight excluding hydrogens is 238 g/mol. The van der Waals surface area contributed by atoms with E-state index in [0.29, 0.717) is 17.6 Å². The average molecular weight is 257 g/mol. The molecule has 4 nitrogen and oxygen atoms in total. The van der Waals surface area contributed by atoms with Gasteiger partial charge in [0.05, 0.1) is 7.11 Å². The Morgan fingerprint density at radius 3 is 2.53 bits per heavy atom. The van der Waals surface area contributed by atoms with E-state index in [2.05, 4.69) is 35.9 Å². The third-order valence-electron chi connectivity index (χ3n) is 3.12. The zero-order chi connectivity index (χ0) is 14.0. The minimum Gasteiger partial charge on any atom is -0.496 e. The SMILES string of the molecule is COc1ccc(C(C)C)cc1-c1cnc(C)nc1N. The topological polar surface area (TPSA) is 61.0 Å². The van der Waals surface area contributed by atoms with Crippen LogP contribution in [-0.2, 0) is 0 Å². The van der Waals surface area contributed by atoms with E-state index < -0.39 is 0 Å². The van der Waals surface area contributed by atoms with Gasteiger partial charge >= 0.3 is 0 Å². The minimum atomic E-state index is 0.442. The largest absolute Gasteiger partial charge is 0.496 e. The van der Waals surface area contributed by atoms with E-state index in [1.807, 2.05) is 13.0 Å². The van der Waals surface area contributed by atoms with Crippen molar-refractivity contribution in [2.75, 3.05) is 12.8 Å². The van der Waals surface area contributed by atoms with Crippen molar-refractivity contribution in [2.24, 2.45) is 0 Å². The highest BCUT2D eigenvalue weighted by atomic mass is 16.5. The summed E-state index contributed by atoms with van der Waals surface area (Å²) in [6, 6.07) is 6.12. The van der Waals surface area contributed by atoms with Gasteiger partial charge in [-0.25, -0.2) is 9.97 Å². The number of hydrogen-bond acceptors (Lipinski definition) is 4. The highest BCUT2D eigenvalue weighted by Crippen LogP contribution is 2.34. The predicted octanol–water partition coefficient (Wildman–Crippen LogP) is 3.17. The molecule has 0 spiro atoms. The van der Waals surface area contributed by atoms with Gasteiger partial charge in [-0.15, -0.1) is 0 Å². The molecule has 0 amide bonds. The van der Waals surface area contributed by atoms with Crippen LogP contribution in [0.2, 0.25) is 0 Å². The third-order valence-corrected chi connectivity index (χ3v) is 3.12.